The molecule has 0 saturated heterocycles. The van der Waals surface area contributed by atoms with E-state index in [4.69, 9.17) is 5.11 Å². The quantitative estimate of drug-likeness (QED) is 0.208. The maximum Gasteiger partial charge on any atom is 0.303 e. The molecule has 0 amide bonds. The third kappa shape index (κ3) is 21.5. The fraction of sp³-hybridized carbons (Fsp3) is 0.880. The van der Waals surface area contributed by atoms with Gasteiger partial charge in [-0.05, 0) is 52.0 Å². The standard InChI is InChI=1S/C18H34O2.C7H15N/c1-2-3-4-5-6-7-8-9-10-11-12-13-14-15-16-17-18(19)20;1-8-7-5-3-2-4-6-7/h9-10H,2-8,11-17H2,1H3,(H,19,20);7-8H,2-6H2,1H3/b10-9-;. The largest absolute Gasteiger partial charge is 0.481 e. The summed E-state index contributed by atoms with van der Waals surface area (Å²) in [6.45, 7) is 2.26. The van der Waals surface area contributed by atoms with E-state index >= 15 is 0 Å². The predicted octanol–water partition coefficient (Wildman–Crippen LogP) is 7.65. The minimum atomic E-state index is -0.664. The number of unbranched alkanes of at least 4 members (excludes halogenated alkanes) is 11. The van der Waals surface area contributed by atoms with Gasteiger partial charge in [-0.1, -0.05) is 89.7 Å². The third-order valence-corrected chi connectivity index (χ3v) is 5.67. The lowest BCUT2D eigenvalue weighted by Crippen LogP contribution is -2.26. The van der Waals surface area contributed by atoms with Crippen LogP contribution >= 0.6 is 0 Å². The summed E-state index contributed by atoms with van der Waals surface area (Å²) in [5, 5.41) is 11.8. The minimum absolute atomic E-state index is 0.332. The van der Waals surface area contributed by atoms with Crippen LogP contribution in [-0.4, -0.2) is 24.2 Å². The highest BCUT2D eigenvalue weighted by Crippen LogP contribution is 2.16. The molecule has 1 saturated carbocycles. The number of carboxylic acids is 1. The van der Waals surface area contributed by atoms with Gasteiger partial charge < -0.3 is 10.4 Å². The van der Waals surface area contributed by atoms with Crippen LogP contribution in [0.4, 0.5) is 0 Å². The Morgan fingerprint density at radius 1 is 0.821 bits per heavy atom. The van der Waals surface area contributed by atoms with E-state index in [0.29, 0.717) is 6.42 Å². The van der Waals surface area contributed by atoms with E-state index in [9.17, 15) is 4.79 Å². The Morgan fingerprint density at radius 2 is 1.32 bits per heavy atom. The molecule has 3 nitrogen and oxygen atoms in total. The Balaban J connectivity index is 0.000000749. The molecule has 2 N–H and O–H groups in total. The molecule has 0 spiro atoms. The van der Waals surface area contributed by atoms with Gasteiger partial charge in [-0.2, -0.15) is 0 Å². The fourth-order valence-electron chi connectivity index (χ4n) is 3.74. The van der Waals surface area contributed by atoms with Crippen LogP contribution in [0.25, 0.3) is 0 Å². The number of hydrogen-bond acceptors (Lipinski definition) is 2. The Hall–Kier alpha value is -0.830. The van der Waals surface area contributed by atoms with Crippen LogP contribution in [0.15, 0.2) is 12.2 Å². The van der Waals surface area contributed by atoms with Crippen LogP contribution in [-0.2, 0) is 4.79 Å². The predicted molar refractivity (Wildman–Crippen MR) is 123 cm³/mol. The molecule has 166 valence electrons. The van der Waals surface area contributed by atoms with Crippen molar-refractivity contribution in [3.05, 3.63) is 12.2 Å². The maximum absolute atomic E-state index is 10.3. The molecule has 1 fully saturated rings. The van der Waals surface area contributed by atoms with E-state index < -0.39 is 5.97 Å². The van der Waals surface area contributed by atoms with Crippen molar-refractivity contribution in [3.8, 4) is 0 Å². The van der Waals surface area contributed by atoms with Crippen LogP contribution in [0.2, 0.25) is 0 Å². The van der Waals surface area contributed by atoms with Crippen molar-refractivity contribution in [1.82, 2.24) is 5.32 Å². The molecule has 0 bridgehead atoms. The summed E-state index contributed by atoms with van der Waals surface area (Å²) in [6, 6.07) is 0.837. The van der Waals surface area contributed by atoms with E-state index in [1.807, 2.05) is 0 Å². The molecule has 0 aromatic carbocycles. The zero-order valence-electron chi connectivity index (χ0n) is 19.0. The molecule has 0 atom stereocenters. The Morgan fingerprint density at radius 3 is 1.79 bits per heavy atom. The van der Waals surface area contributed by atoms with E-state index in [1.165, 1.54) is 103 Å². The molecule has 0 aromatic heterocycles. The zero-order valence-corrected chi connectivity index (χ0v) is 19.0. The summed E-state index contributed by atoms with van der Waals surface area (Å²) in [6.07, 6.45) is 28.4. The second-order valence-electron chi connectivity index (χ2n) is 8.35. The summed E-state index contributed by atoms with van der Waals surface area (Å²) in [7, 11) is 2.07. The van der Waals surface area contributed by atoms with Crippen LogP contribution < -0.4 is 5.32 Å². The molecule has 28 heavy (non-hydrogen) atoms. The molecular weight excluding hydrogens is 346 g/mol. The van der Waals surface area contributed by atoms with Gasteiger partial charge in [-0.25, -0.2) is 0 Å². The summed E-state index contributed by atoms with van der Waals surface area (Å²) >= 11 is 0. The van der Waals surface area contributed by atoms with Crippen molar-refractivity contribution in [2.24, 2.45) is 0 Å². The van der Waals surface area contributed by atoms with Crippen molar-refractivity contribution in [2.75, 3.05) is 7.05 Å². The topological polar surface area (TPSA) is 49.3 Å². The number of hydrogen-bond donors (Lipinski definition) is 2. The lowest BCUT2D eigenvalue weighted by atomic mass is 9.96. The third-order valence-electron chi connectivity index (χ3n) is 5.67. The lowest BCUT2D eigenvalue weighted by Gasteiger charge is -2.20. The van der Waals surface area contributed by atoms with E-state index in [-0.39, 0.29) is 0 Å². The second kappa shape index (κ2) is 22.5. The van der Waals surface area contributed by atoms with Crippen molar-refractivity contribution < 1.29 is 9.90 Å². The minimum Gasteiger partial charge on any atom is -0.481 e. The number of rotatable bonds is 16. The summed E-state index contributed by atoms with van der Waals surface area (Å²) < 4.78 is 0. The van der Waals surface area contributed by atoms with Crippen LogP contribution in [0.5, 0.6) is 0 Å². The number of allylic oxidation sites excluding steroid dienone is 2. The first kappa shape index (κ1) is 27.2. The van der Waals surface area contributed by atoms with Crippen molar-refractivity contribution in [1.29, 1.82) is 0 Å². The fourth-order valence-corrected chi connectivity index (χ4v) is 3.74. The molecule has 3 heteroatoms. The van der Waals surface area contributed by atoms with Gasteiger partial charge in [0.1, 0.15) is 0 Å². The Kier molecular flexibility index (Phi) is 21.8. The van der Waals surface area contributed by atoms with Gasteiger partial charge in [-0.15, -0.1) is 0 Å². The van der Waals surface area contributed by atoms with Crippen molar-refractivity contribution >= 4 is 5.97 Å². The van der Waals surface area contributed by atoms with Gasteiger partial charge in [0.15, 0.2) is 0 Å². The highest BCUT2D eigenvalue weighted by Gasteiger charge is 2.09. The second-order valence-corrected chi connectivity index (χ2v) is 8.35. The molecule has 0 heterocycles. The van der Waals surface area contributed by atoms with E-state index in [0.717, 1.165) is 18.9 Å². The highest BCUT2D eigenvalue weighted by molar-refractivity contribution is 5.66. The first-order valence-electron chi connectivity index (χ1n) is 12.2. The maximum atomic E-state index is 10.3. The van der Waals surface area contributed by atoms with Crippen LogP contribution in [0.1, 0.15) is 129 Å². The van der Waals surface area contributed by atoms with Crippen molar-refractivity contribution in [2.45, 2.75) is 135 Å². The molecule has 1 aliphatic rings. The molecular formula is C25H49NO2. The monoisotopic (exact) mass is 395 g/mol. The van der Waals surface area contributed by atoms with Gasteiger partial charge in [0.25, 0.3) is 0 Å². The first-order chi connectivity index (χ1) is 13.7. The molecule has 1 rings (SSSR count). The number of aliphatic carboxylic acids is 1. The number of nitrogens with one attached hydrogen (secondary N) is 1. The van der Waals surface area contributed by atoms with Crippen LogP contribution in [0, 0.1) is 0 Å². The van der Waals surface area contributed by atoms with Gasteiger partial charge in [0.2, 0.25) is 0 Å². The summed E-state index contributed by atoms with van der Waals surface area (Å²) in [5.74, 6) is -0.664. The van der Waals surface area contributed by atoms with E-state index in [2.05, 4.69) is 31.4 Å². The van der Waals surface area contributed by atoms with E-state index in [1.54, 1.807) is 0 Å². The van der Waals surface area contributed by atoms with Gasteiger partial charge in [0, 0.05) is 12.5 Å². The average Bonchev–Trinajstić information content (AvgIpc) is 2.72. The lowest BCUT2D eigenvalue weighted by molar-refractivity contribution is -0.137. The number of carboxylic acid groups (broad SMARTS) is 1. The molecule has 1 aliphatic carbocycles. The highest BCUT2D eigenvalue weighted by atomic mass is 16.4. The summed E-state index contributed by atoms with van der Waals surface area (Å²) in [4.78, 5) is 10.3. The Labute approximate surface area is 175 Å². The molecule has 0 aliphatic heterocycles. The normalized spacial score (nSPS) is 14.8. The molecule has 0 radical (unpaired) electrons. The van der Waals surface area contributed by atoms with Gasteiger partial charge in [-0.3, -0.25) is 4.79 Å². The molecule has 0 aromatic rings. The van der Waals surface area contributed by atoms with Crippen LogP contribution in [0.3, 0.4) is 0 Å². The van der Waals surface area contributed by atoms with Gasteiger partial charge >= 0.3 is 5.97 Å². The SMILES string of the molecule is CCCCCCCC/C=C\CCCCCCCC(=O)O.CNC1CCCCC1. The Bertz CT molecular complexity index is 348. The first-order valence-corrected chi connectivity index (χ1v) is 12.2. The number of carbonyl (C=O) groups is 1. The smallest absolute Gasteiger partial charge is 0.303 e. The molecule has 0 unspecified atom stereocenters. The van der Waals surface area contributed by atoms with Gasteiger partial charge in [0.05, 0.1) is 0 Å². The zero-order chi connectivity index (χ0) is 20.7. The summed E-state index contributed by atoms with van der Waals surface area (Å²) in [5.41, 5.74) is 0. The van der Waals surface area contributed by atoms with Crippen molar-refractivity contribution in [3.63, 3.8) is 0 Å². The average molecular weight is 396 g/mol.